The maximum atomic E-state index is 5.73. The average molecular weight is 344 g/mol. The number of epoxide rings is 1. The summed E-state index contributed by atoms with van der Waals surface area (Å²) in [6.07, 6.45) is 6.48. The van der Waals surface area contributed by atoms with Crippen molar-refractivity contribution in [2.24, 2.45) is 0 Å². The molecule has 1 aromatic rings. The van der Waals surface area contributed by atoms with Crippen LogP contribution in [0.3, 0.4) is 0 Å². The molecule has 0 bridgehead atoms. The van der Waals surface area contributed by atoms with Crippen molar-refractivity contribution in [3.63, 3.8) is 0 Å². The Kier molecular flexibility index (Phi) is 5.82. The number of hydrogen-bond acceptors (Lipinski definition) is 4. The molecular weight excluding hydrogens is 316 g/mol. The average Bonchev–Trinajstić information content (AvgIpc) is 3.45. The van der Waals surface area contributed by atoms with E-state index in [0.29, 0.717) is 20.0 Å². The van der Waals surface area contributed by atoms with Crippen molar-refractivity contribution in [3.05, 3.63) is 53.3 Å². The minimum absolute atomic E-state index is 0.0138. The van der Waals surface area contributed by atoms with Crippen LogP contribution >= 0.6 is 0 Å². The molecule has 0 saturated carbocycles. The van der Waals surface area contributed by atoms with Crippen molar-refractivity contribution in [3.8, 4) is 5.75 Å². The third-order valence-electron chi connectivity index (χ3n) is 4.86. The summed E-state index contributed by atoms with van der Waals surface area (Å²) in [6, 6.07) is 8.42. The lowest BCUT2D eigenvalue weighted by molar-refractivity contribution is -0.0204. The summed E-state index contributed by atoms with van der Waals surface area (Å²) in [4.78, 5) is 0. The summed E-state index contributed by atoms with van der Waals surface area (Å²) in [5.74, 6) is 1.90. The number of hydrogen-bond donors (Lipinski definition) is 0. The molecule has 1 fully saturated rings. The van der Waals surface area contributed by atoms with Gasteiger partial charge in [0.15, 0.2) is 6.79 Å². The Morgan fingerprint density at radius 1 is 1.08 bits per heavy atom. The molecule has 1 aromatic carbocycles. The molecule has 1 unspecified atom stereocenters. The van der Waals surface area contributed by atoms with Gasteiger partial charge in [0.1, 0.15) is 18.5 Å². The van der Waals surface area contributed by atoms with Crippen molar-refractivity contribution >= 4 is 0 Å². The second-order valence-corrected chi connectivity index (χ2v) is 7.00. The smallest absolute Gasteiger partial charge is 0.188 e. The first-order valence-corrected chi connectivity index (χ1v) is 9.05. The Balaban J connectivity index is 1.62. The molecule has 25 heavy (non-hydrogen) atoms. The molecule has 0 radical (unpaired) electrons. The van der Waals surface area contributed by atoms with Crippen LogP contribution in [0.1, 0.15) is 39.2 Å². The zero-order valence-electron chi connectivity index (χ0n) is 15.4. The molecule has 0 N–H and O–H groups in total. The van der Waals surface area contributed by atoms with Crippen LogP contribution in [-0.4, -0.2) is 32.7 Å². The Labute approximate surface area is 150 Å². The first-order chi connectivity index (χ1) is 12.1. The highest BCUT2D eigenvalue weighted by Crippen LogP contribution is 2.37. The molecule has 1 aliphatic carbocycles. The van der Waals surface area contributed by atoms with Crippen molar-refractivity contribution < 1.29 is 18.9 Å². The van der Waals surface area contributed by atoms with Crippen molar-refractivity contribution in [1.29, 1.82) is 0 Å². The highest BCUT2D eigenvalue weighted by Gasteiger charge is 2.27. The minimum atomic E-state index is -0.0138. The first-order valence-electron chi connectivity index (χ1n) is 9.05. The van der Waals surface area contributed by atoms with E-state index in [2.05, 4.69) is 50.3 Å². The third-order valence-corrected chi connectivity index (χ3v) is 4.86. The lowest BCUT2D eigenvalue weighted by Gasteiger charge is -2.31. The van der Waals surface area contributed by atoms with Gasteiger partial charge >= 0.3 is 0 Å². The van der Waals surface area contributed by atoms with Gasteiger partial charge in [-0.25, -0.2) is 0 Å². The van der Waals surface area contributed by atoms with Crippen LogP contribution in [0.2, 0.25) is 0 Å². The minimum Gasteiger partial charge on any atom is -0.491 e. The van der Waals surface area contributed by atoms with Gasteiger partial charge in [-0.2, -0.15) is 0 Å². The summed E-state index contributed by atoms with van der Waals surface area (Å²) < 4.78 is 21.8. The zero-order valence-corrected chi connectivity index (χ0v) is 15.4. The topological polar surface area (TPSA) is 40.2 Å². The Hall–Kier alpha value is -1.78. The second kappa shape index (κ2) is 8.07. The lowest BCUT2D eigenvalue weighted by atomic mass is 9.74. The van der Waals surface area contributed by atoms with Crippen molar-refractivity contribution in [1.82, 2.24) is 0 Å². The van der Waals surface area contributed by atoms with E-state index in [1.54, 1.807) is 0 Å². The van der Waals surface area contributed by atoms with Gasteiger partial charge in [0.2, 0.25) is 0 Å². The third kappa shape index (κ3) is 4.86. The molecule has 0 spiro atoms. The molecule has 2 aliphatic rings. The number of benzene rings is 1. The summed E-state index contributed by atoms with van der Waals surface area (Å²) in [5.41, 5.74) is 2.69. The largest absolute Gasteiger partial charge is 0.491 e. The van der Waals surface area contributed by atoms with Gasteiger partial charge in [-0.05, 0) is 37.1 Å². The van der Waals surface area contributed by atoms with Gasteiger partial charge in [0, 0.05) is 18.4 Å². The van der Waals surface area contributed by atoms with E-state index in [1.807, 2.05) is 6.92 Å². The summed E-state index contributed by atoms with van der Waals surface area (Å²) in [5, 5.41) is 0. The van der Waals surface area contributed by atoms with Gasteiger partial charge in [0.05, 0.1) is 12.4 Å². The summed E-state index contributed by atoms with van der Waals surface area (Å²) in [7, 11) is 0. The lowest BCUT2D eigenvalue weighted by Crippen LogP contribution is -2.22. The van der Waals surface area contributed by atoms with Crippen LogP contribution < -0.4 is 4.74 Å². The Morgan fingerprint density at radius 2 is 1.84 bits per heavy atom. The van der Waals surface area contributed by atoms with Gasteiger partial charge in [-0.15, -0.1) is 0 Å². The molecule has 3 rings (SSSR count). The second-order valence-electron chi connectivity index (χ2n) is 7.00. The van der Waals surface area contributed by atoms with E-state index in [0.717, 1.165) is 31.0 Å². The molecule has 136 valence electrons. The molecule has 0 amide bonds. The predicted molar refractivity (Wildman–Crippen MR) is 97.7 cm³/mol. The number of allylic oxidation sites excluding steroid dienone is 4. The van der Waals surface area contributed by atoms with Crippen LogP contribution in [0.25, 0.3) is 0 Å². The maximum absolute atomic E-state index is 5.73. The van der Waals surface area contributed by atoms with Gasteiger partial charge in [-0.1, -0.05) is 37.6 Å². The monoisotopic (exact) mass is 344 g/mol. The first kappa shape index (κ1) is 18.0. The van der Waals surface area contributed by atoms with E-state index >= 15 is 0 Å². The van der Waals surface area contributed by atoms with E-state index in [4.69, 9.17) is 18.9 Å². The van der Waals surface area contributed by atoms with Crippen molar-refractivity contribution in [2.75, 3.05) is 26.6 Å². The predicted octanol–water partition coefficient (Wildman–Crippen LogP) is 4.36. The SMILES string of the molecule is CCOCOC1=CC=C(C(C)(C)c2ccc(OCC3CO3)cc2)CC1. The fourth-order valence-corrected chi connectivity index (χ4v) is 2.97. The standard InChI is InChI=1S/C21H28O4/c1-4-22-15-25-19-11-7-17(8-12-19)21(2,3)16-5-9-18(10-6-16)23-13-20-14-24-20/h5-7,9-11,20H,4,8,12-15H2,1-3H3. The fraction of sp³-hybridized carbons (Fsp3) is 0.524. The van der Waals surface area contributed by atoms with Gasteiger partial charge in [0.25, 0.3) is 0 Å². The zero-order chi connectivity index (χ0) is 17.7. The molecule has 4 heteroatoms. The van der Waals surface area contributed by atoms with Crippen molar-refractivity contribution in [2.45, 2.75) is 45.1 Å². The molecule has 0 aromatic heterocycles. The Bertz CT molecular complexity index is 624. The molecule has 1 heterocycles. The fourth-order valence-electron chi connectivity index (χ4n) is 2.97. The van der Waals surface area contributed by atoms with Crippen LogP contribution in [0, 0.1) is 0 Å². The van der Waals surface area contributed by atoms with E-state index < -0.39 is 0 Å². The normalized spacial score (nSPS) is 19.9. The van der Waals surface area contributed by atoms with Crippen LogP contribution in [0.5, 0.6) is 5.75 Å². The van der Waals surface area contributed by atoms with E-state index in [9.17, 15) is 0 Å². The van der Waals surface area contributed by atoms with Crippen LogP contribution in [0.15, 0.2) is 47.7 Å². The van der Waals surface area contributed by atoms with Gasteiger partial charge < -0.3 is 18.9 Å². The van der Waals surface area contributed by atoms with Crippen LogP contribution in [0.4, 0.5) is 0 Å². The van der Waals surface area contributed by atoms with Gasteiger partial charge in [-0.3, -0.25) is 0 Å². The highest BCUT2D eigenvalue weighted by molar-refractivity contribution is 5.40. The van der Waals surface area contributed by atoms with E-state index in [1.165, 1.54) is 11.1 Å². The molecule has 1 saturated heterocycles. The highest BCUT2D eigenvalue weighted by atomic mass is 16.7. The Morgan fingerprint density at radius 3 is 2.44 bits per heavy atom. The molecule has 1 aliphatic heterocycles. The molecular formula is C21H28O4. The summed E-state index contributed by atoms with van der Waals surface area (Å²) >= 11 is 0. The maximum Gasteiger partial charge on any atom is 0.188 e. The number of rotatable bonds is 9. The molecule has 1 atom stereocenters. The summed E-state index contributed by atoms with van der Waals surface area (Å²) in [6.45, 7) is 8.98. The number of ether oxygens (including phenoxy) is 4. The quantitative estimate of drug-likeness (QED) is 0.379. The van der Waals surface area contributed by atoms with Crippen LogP contribution in [-0.2, 0) is 19.6 Å². The van der Waals surface area contributed by atoms with E-state index in [-0.39, 0.29) is 11.5 Å². The molecule has 4 nitrogen and oxygen atoms in total.